The molecule has 1 unspecified atom stereocenters. The van der Waals surface area contributed by atoms with E-state index in [9.17, 15) is 9.59 Å². The van der Waals surface area contributed by atoms with Gasteiger partial charge in [0.15, 0.2) is 0 Å². The predicted octanol–water partition coefficient (Wildman–Crippen LogP) is 1.74. The van der Waals surface area contributed by atoms with Crippen LogP contribution in [0.5, 0.6) is 17.2 Å². The van der Waals surface area contributed by atoms with Gasteiger partial charge in [0, 0.05) is 16.8 Å². The largest absolute Gasteiger partial charge is 0.496 e. The summed E-state index contributed by atoms with van der Waals surface area (Å²) in [4.78, 5) is 29.1. The number of nitrogens with one attached hydrogen (secondary N) is 1. The van der Waals surface area contributed by atoms with Crippen LogP contribution in [0.3, 0.4) is 0 Å². The monoisotopic (exact) mass is 416 g/mol. The predicted molar refractivity (Wildman–Crippen MR) is 108 cm³/mol. The maximum absolute atomic E-state index is 12.5. The molecule has 3 rings (SSSR count). The number of ether oxygens (including phenoxy) is 3. The molecule has 152 valence electrons. The van der Waals surface area contributed by atoms with Crippen LogP contribution in [0.1, 0.15) is 16.8 Å². The average molecular weight is 417 g/mol. The van der Waals surface area contributed by atoms with Crippen molar-refractivity contribution in [2.75, 3.05) is 27.9 Å². The van der Waals surface area contributed by atoms with E-state index in [0.717, 1.165) is 0 Å². The number of rotatable bonds is 7. The van der Waals surface area contributed by atoms with E-state index in [-0.39, 0.29) is 18.4 Å². The van der Waals surface area contributed by atoms with Gasteiger partial charge in [0.2, 0.25) is 0 Å². The Hall–Kier alpha value is -3.06. The van der Waals surface area contributed by atoms with Gasteiger partial charge in [-0.05, 0) is 36.8 Å². The van der Waals surface area contributed by atoms with Crippen LogP contribution in [0.15, 0.2) is 35.3 Å². The van der Waals surface area contributed by atoms with E-state index in [0.29, 0.717) is 44.8 Å². The van der Waals surface area contributed by atoms with Crippen molar-refractivity contribution in [3.8, 4) is 17.2 Å². The first-order valence-electron chi connectivity index (χ1n) is 8.95. The summed E-state index contributed by atoms with van der Waals surface area (Å²) in [6, 6.07) is 8.29. The van der Waals surface area contributed by atoms with E-state index in [1.807, 2.05) is 0 Å². The first-order valence-corrected chi connectivity index (χ1v) is 9.33. The fraction of sp³-hybridized carbons (Fsp3) is 0.286. The molecule has 0 bridgehead atoms. The van der Waals surface area contributed by atoms with Gasteiger partial charge in [-0.15, -0.1) is 0 Å². The molecule has 2 aromatic carbocycles. The zero-order chi connectivity index (χ0) is 21.0. The zero-order valence-electron chi connectivity index (χ0n) is 16.3. The molecule has 0 fully saturated rings. The van der Waals surface area contributed by atoms with Crippen LogP contribution in [0.2, 0.25) is 5.02 Å². The average Bonchev–Trinajstić information content (AvgIpc) is 2.73. The Kier molecular flexibility index (Phi) is 6.39. The SMILES string of the molecule is COc1ccc(Cl)cc1C(=O)NCCC1C=c2c(OC)ccc(OC)c2=NC1=O. The van der Waals surface area contributed by atoms with E-state index in [1.165, 1.54) is 20.3 Å². The number of hydrogen-bond acceptors (Lipinski definition) is 5. The Morgan fingerprint density at radius 1 is 1.07 bits per heavy atom. The topological polar surface area (TPSA) is 86.2 Å². The third kappa shape index (κ3) is 4.35. The van der Waals surface area contributed by atoms with Crippen LogP contribution in [0.4, 0.5) is 0 Å². The van der Waals surface area contributed by atoms with Crippen molar-refractivity contribution in [2.24, 2.45) is 10.9 Å². The summed E-state index contributed by atoms with van der Waals surface area (Å²) in [6.07, 6.45) is 2.19. The lowest BCUT2D eigenvalue weighted by atomic mass is 9.99. The van der Waals surface area contributed by atoms with Crippen molar-refractivity contribution in [1.82, 2.24) is 5.32 Å². The number of hydrogen-bond donors (Lipinski definition) is 1. The maximum atomic E-state index is 12.5. The molecule has 2 aromatic rings. The molecule has 1 N–H and O–H groups in total. The Labute approximate surface area is 172 Å². The molecular weight excluding hydrogens is 396 g/mol. The normalized spacial score (nSPS) is 14.9. The molecule has 1 aliphatic rings. The number of fused-ring (bicyclic) bond motifs is 1. The lowest BCUT2D eigenvalue weighted by Gasteiger charge is -2.15. The molecule has 0 radical (unpaired) electrons. The summed E-state index contributed by atoms with van der Waals surface area (Å²) in [7, 11) is 4.56. The molecule has 0 aromatic heterocycles. The summed E-state index contributed by atoms with van der Waals surface area (Å²) in [5, 5.41) is 4.40. The highest BCUT2D eigenvalue weighted by Gasteiger charge is 2.22. The second-order valence-electron chi connectivity index (χ2n) is 6.34. The van der Waals surface area contributed by atoms with Gasteiger partial charge in [-0.25, -0.2) is 4.99 Å². The van der Waals surface area contributed by atoms with Crippen LogP contribution in [-0.4, -0.2) is 39.7 Å². The van der Waals surface area contributed by atoms with Crippen molar-refractivity contribution >= 4 is 29.5 Å². The molecule has 0 saturated heterocycles. The number of carbonyl (C=O) groups excluding carboxylic acids is 2. The van der Waals surface area contributed by atoms with Crippen LogP contribution < -0.4 is 30.1 Å². The quantitative estimate of drug-likeness (QED) is 0.743. The standard InChI is InChI=1S/C21H21ClN2O5/c1-27-16-6-7-18(29-3)19-14(16)10-12(20(25)24-19)8-9-23-21(26)15-11-13(22)4-5-17(15)28-2/h4-7,10-12H,8-9H2,1-3H3,(H,23,26). The molecule has 0 aliphatic carbocycles. The zero-order valence-corrected chi connectivity index (χ0v) is 17.1. The van der Waals surface area contributed by atoms with Crippen molar-refractivity contribution in [2.45, 2.75) is 6.42 Å². The molecule has 8 heteroatoms. The number of benzene rings is 2. The summed E-state index contributed by atoms with van der Waals surface area (Å²) >= 11 is 5.97. The minimum absolute atomic E-state index is 0.276. The second-order valence-corrected chi connectivity index (χ2v) is 6.78. The lowest BCUT2D eigenvalue weighted by molar-refractivity contribution is -0.120. The van der Waals surface area contributed by atoms with Gasteiger partial charge in [0.1, 0.15) is 22.6 Å². The summed E-state index contributed by atoms with van der Waals surface area (Å²) in [5.74, 6) is 0.431. The fourth-order valence-electron chi connectivity index (χ4n) is 3.16. The molecule has 1 heterocycles. The molecule has 7 nitrogen and oxygen atoms in total. The second kappa shape index (κ2) is 8.96. The van der Waals surface area contributed by atoms with Crippen LogP contribution in [0, 0.1) is 5.92 Å². The Morgan fingerprint density at radius 2 is 1.72 bits per heavy atom. The van der Waals surface area contributed by atoms with Gasteiger partial charge >= 0.3 is 0 Å². The smallest absolute Gasteiger partial charge is 0.255 e. The summed E-state index contributed by atoms with van der Waals surface area (Å²) in [5.41, 5.74) is 0.334. The van der Waals surface area contributed by atoms with Crippen molar-refractivity contribution < 1.29 is 23.8 Å². The number of carbonyl (C=O) groups is 2. The van der Waals surface area contributed by atoms with Gasteiger partial charge in [-0.1, -0.05) is 17.7 Å². The number of amides is 2. The van der Waals surface area contributed by atoms with Crippen molar-refractivity contribution in [3.05, 3.63) is 51.5 Å². The molecule has 0 saturated carbocycles. The molecule has 1 atom stereocenters. The van der Waals surface area contributed by atoms with E-state index in [1.54, 1.807) is 37.5 Å². The third-order valence-electron chi connectivity index (χ3n) is 4.63. The van der Waals surface area contributed by atoms with Gasteiger partial charge in [0.05, 0.1) is 32.8 Å². The highest BCUT2D eigenvalue weighted by Crippen LogP contribution is 2.22. The Morgan fingerprint density at radius 3 is 2.41 bits per heavy atom. The molecular formula is C21H21ClN2O5. The number of nitrogens with zero attached hydrogens (tertiary/aromatic N) is 1. The molecule has 2 amide bonds. The van der Waals surface area contributed by atoms with E-state index < -0.39 is 5.92 Å². The minimum Gasteiger partial charge on any atom is -0.496 e. The summed E-state index contributed by atoms with van der Waals surface area (Å²) < 4.78 is 15.9. The van der Waals surface area contributed by atoms with Crippen LogP contribution in [0.25, 0.3) is 6.08 Å². The number of halogens is 1. The van der Waals surface area contributed by atoms with Crippen LogP contribution >= 0.6 is 11.6 Å². The van der Waals surface area contributed by atoms with Gasteiger partial charge in [0.25, 0.3) is 11.8 Å². The maximum Gasteiger partial charge on any atom is 0.255 e. The van der Waals surface area contributed by atoms with Crippen molar-refractivity contribution in [3.63, 3.8) is 0 Å². The highest BCUT2D eigenvalue weighted by atomic mass is 35.5. The van der Waals surface area contributed by atoms with E-state index >= 15 is 0 Å². The van der Waals surface area contributed by atoms with Gasteiger partial charge < -0.3 is 19.5 Å². The molecule has 29 heavy (non-hydrogen) atoms. The third-order valence-corrected chi connectivity index (χ3v) is 4.87. The Bertz CT molecular complexity index is 1070. The minimum atomic E-state index is -0.481. The van der Waals surface area contributed by atoms with Crippen LogP contribution in [-0.2, 0) is 4.79 Å². The van der Waals surface area contributed by atoms with E-state index in [2.05, 4.69) is 10.3 Å². The van der Waals surface area contributed by atoms with Gasteiger partial charge in [-0.3, -0.25) is 9.59 Å². The first kappa shape index (κ1) is 20.7. The highest BCUT2D eigenvalue weighted by molar-refractivity contribution is 6.31. The molecule has 1 aliphatic heterocycles. The lowest BCUT2D eigenvalue weighted by Crippen LogP contribution is -2.37. The summed E-state index contributed by atoms with van der Waals surface area (Å²) in [6.45, 7) is 0.276. The fourth-order valence-corrected chi connectivity index (χ4v) is 3.33. The van der Waals surface area contributed by atoms with Gasteiger partial charge in [-0.2, -0.15) is 0 Å². The Balaban J connectivity index is 1.76. The van der Waals surface area contributed by atoms with E-state index in [4.69, 9.17) is 25.8 Å². The van der Waals surface area contributed by atoms with Crippen molar-refractivity contribution in [1.29, 1.82) is 0 Å². The number of methoxy groups -OCH3 is 3. The first-order chi connectivity index (χ1) is 14.0. The molecule has 0 spiro atoms.